The molecule has 0 saturated carbocycles. The SMILES string of the molecule is COCC1(CNC(=O)c2cccc(OC)c2OC)CCNCC1.Cl. The third-order valence-corrected chi connectivity index (χ3v) is 4.39. The standard InChI is InChI=1S/C17H26N2O4.ClH/c1-21-12-17(7-9-18-10-8-17)11-19-16(20)13-5-4-6-14(22-2)15(13)23-3;/h4-6,18H,7-12H2,1-3H3,(H,19,20);1H. The maximum Gasteiger partial charge on any atom is 0.255 e. The quantitative estimate of drug-likeness (QED) is 0.778. The van der Waals surface area contributed by atoms with Crippen LogP contribution < -0.4 is 20.1 Å². The minimum absolute atomic E-state index is 0. The highest BCUT2D eigenvalue weighted by Gasteiger charge is 2.33. The molecule has 1 aromatic carbocycles. The van der Waals surface area contributed by atoms with Gasteiger partial charge in [-0.25, -0.2) is 0 Å². The number of nitrogens with one attached hydrogen (secondary N) is 2. The number of para-hydroxylation sites is 1. The molecular weight excluding hydrogens is 332 g/mol. The van der Waals surface area contributed by atoms with E-state index in [1.165, 1.54) is 7.11 Å². The van der Waals surface area contributed by atoms with E-state index in [0.717, 1.165) is 25.9 Å². The highest BCUT2D eigenvalue weighted by molar-refractivity contribution is 5.97. The van der Waals surface area contributed by atoms with Gasteiger partial charge in [0.05, 0.1) is 26.4 Å². The number of halogens is 1. The number of hydrogen-bond donors (Lipinski definition) is 2. The molecule has 0 radical (unpaired) electrons. The third-order valence-electron chi connectivity index (χ3n) is 4.39. The first-order valence-corrected chi connectivity index (χ1v) is 7.84. The number of methoxy groups -OCH3 is 3. The van der Waals surface area contributed by atoms with Crippen LogP contribution in [-0.4, -0.2) is 53.5 Å². The Balaban J connectivity index is 0.00000288. The molecule has 1 fully saturated rings. The Morgan fingerprint density at radius 3 is 2.50 bits per heavy atom. The summed E-state index contributed by atoms with van der Waals surface area (Å²) in [4.78, 5) is 12.6. The first kappa shape index (κ1) is 20.5. The average molecular weight is 359 g/mol. The Kier molecular flexibility index (Phi) is 8.31. The lowest BCUT2D eigenvalue weighted by molar-refractivity contribution is 0.0511. The largest absolute Gasteiger partial charge is 0.493 e. The van der Waals surface area contributed by atoms with E-state index in [4.69, 9.17) is 14.2 Å². The molecule has 1 aliphatic rings. The number of amides is 1. The second kappa shape index (κ2) is 9.71. The smallest absolute Gasteiger partial charge is 0.255 e. The summed E-state index contributed by atoms with van der Waals surface area (Å²) < 4.78 is 16.0. The molecule has 0 aliphatic carbocycles. The third kappa shape index (κ3) is 4.75. The molecule has 24 heavy (non-hydrogen) atoms. The zero-order valence-corrected chi connectivity index (χ0v) is 15.3. The normalized spacial score (nSPS) is 16.0. The summed E-state index contributed by atoms with van der Waals surface area (Å²) in [6, 6.07) is 5.29. The molecule has 1 aliphatic heterocycles. The maximum absolute atomic E-state index is 12.6. The summed E-state index contributed by atoms with van der Waals surface area (Å²) in [5, 5.41) is 6.38. The Morgan fingerprint density at radius 1 is 1.21 bits per heavy atom. The van der Waals surface area contributed by atoms with E-state index in [1.54, 1.807) is 32.4 Å². The predicted molar refractivity (Wildman–Crippen MR) is 95.5 cm³/mol. The van der Waals surface area contributed by atoms with Gasteiger partial charge in [-0.15, -0.1) is 12.4 Å². The van der Waals surface area contributed by atoms with Gasteiger partial charge in [0, 0.05) is 19.1 Å². The molecule has 1 saturated heterocycles. The van der Waals surface area contributed by atoms with Gasteiger partial charge < -0.3 is 24.8 Å². The van der Waals surface area contributed by atoms with Crippen molar-refractivity contribution in [2.45, 2.75) is 12.8 Å². The Bertz CT molecular complexity index is 528. The zero-order valence-electron chi connectivity index (χ0n) is 14.5. The van der Waals surface area contributed by atoms with Crippen molar-refractivity contribution in [3.63, 3.8) is 0 Å². The number of carbonyl (C=O) groups is 1. The first-order valence-electron chi connectivity index (χ1n) is 7.84. The fourth-order valence-electron chi connectivity index (χ4n) is 3.06. The zero-order chi connectivity index (χ0) is 16.7. The van der Waals surface area contributed by atoms with E-state index in [2.05, 4.69) is 10.6 Å². The van der Waals surface area contributed by atoms with Gasteiger partial charge in [0.15, 0.2) is 11.5 Å². The van der Waals surface area contributed by atoms with E-state index in [0.29, 0.717) is 30.2 Å². The fraction of sp³-hybridized carbons (Fsp3) is 0.588. The molecular formula is C17H27ClN2O4. The number of carbonyl (C=O) groups excluding carboxylic acids is 1. The van der Waals surface area contributed by atoms with Crippen LogP contribution in [0.2, 0.25) is 0 Å². The molecule has 0 atom stereocenters. The summed E-state index contributed by atoms with van der Waals surface area (Å²) in [5.74, 6) is 0.849. The number of hydrogen-bond acceptors (Lipinski definition) is 5. The van der Waals surface area contributed by atoms with Crippen molar-refractivity contribution in [1.29, 1.82) is 0 Å². The number of rotatable bonds is 7. The van der Waals surface area contributed by atoms with Crippen molar-refractivity contribution < 1.29 is 19.0 Å². The summed E-state index contributed by atoms with van der Waals surface area (Å²) in [7, 11) is 4.80. The first-order chi connectivity index (χ1) is 11.2. The van der Waals surface area contributed by atoms with Crippen LogP contribution in [-0.2, 0) is 4.74 Å². The van der Waals surface area contributed by atoms with Crippen LogP contribution in [0.15, 0.2) is 18.2 Å². The van der Waals surface area contributed by atoms with Gasteiger partial charge >= 0.3 is 0 Å². The fourth-order valence-corrected chi connectivity index (χ4v) is 3.06. The van der Waals surface area contributed by atoms with Gasteiger partial charge in [-0.2, -0.15) is 0 Å². The molecule has 1 amide bonds. The Morgan fingerprint density at radius 2 is 1.92 bits per heavy atom. The lowest BCUT2D eigenvalue weighted by atomic mass is 9.79. The lowest BCUT2D eigenvalue weighted by Gasteiger charge is -2.37. The second-order valence-electron chi connectivity index (χ2n) is 5.91. The summed E-state index contributed by atoms with van der Waals surface area (Å²) in [5.41, 5.74) is 0.468. The van der Waals surface area contributed by atoms with Crippen LogP contribution in [0.25, 0.3) is 0 Å². The van der Waals surface area contributed by atoms with Crippen LogP contribution in [0.4, 0.5) is 0 Å². The van der Waals surface area contributed by atoms with Gasteiger partial charge in [-0.3, -0.25) is 4.79 Å². The van der Waals surface area contributed by atoms with E-state index in [9.17, 15) is 4.79 Å². The van der Waals surface area contributed by atoms with E-state index in [1.807, 2.05) is 0 Å². The van der Waals surface area contributed by atoms with Crippen molar-refractivity contribution in [3.05, 3.63) is 23.8 Å². The van der Waals surface area contributed by atoms with E-state index < -0.39 is 0 Å². The Labute approximate surface area is 149 Å². The molecule has 2 rings (SSSR count). The minimum Gasteiger partial charge on any atom is -0.493 e. The summed E-state index contributed by atoms with van der Waals surface area (Å²) >= 11 is 0. The van der Waals surface area contributed by atoms with Crippen molar-refractivity contribution in [2.24, 2.45) is 5.41 Å². The number of benzene rings is 1. The van der Waals surface area contributed by atoms with Gasteiger partial charge in [0.1, 0.15) is 0 Å². The average Bonchev–Trinajstić information content (AvgIpc) is 2.60. The molecule has 0 aromatic heterocycles. The predicted octanol–water partition coefficient (Wildman–Crippen LogP) is 1.87. The summed E-state index contributed by atoms with van der Waals surface area (Å²) in [6.07, 6.45) is 1.97. The van der Waals surface area contributed by atoms with Crippen LogP contribution in [0, 0.1) is 5.41 Å². The van der Waals surface area contributed by atoms with E-state index in [-0.39, 0.29) is 23.7 Å². The van der Waals surface area contributed by atoms with Crippen molar-refractivity contribution in [2.75, 3.05) is 47.6 Å². The van der Waals surface area contributed by atoms with Crippen LogP contribution in [0.5, 0.6) is 11.5 Å². The molecule has 6 nitrogen and oxygen atoms in total. The molecule has 0 bridgehead atoms. The summed E-state index contributed by atoms with van der Waals surface area (Å²) in [6.45, 7) is 3.12. The van der Waals surface area contributed by atoms with Crippen LogP contribution in [0.3, 0.4) is 0 Å². The van der Waals surface area contributed by atoms with Gasteiger partial charge in [0.25, 0.3) is 5.91 Å². The van der Waals surface area contributed by atoms with Gasteiger partial charge in [0.2, 0.25) is 0 Å². The monoisotopic (exact) mass is 358 g/mol. The highest BCUT2D eigenvalue weighted by Crippen LogP contribution is 2.31. The second-order valence-corrected chi connectivity index (χ2v) is 5.91. The molecule has 0 unspecified atom stereocenters. The van der Waals surface area contributed by atoms with E-state index >= 15 is 0 Å². The number of piperidine rings is 1. The van der Waals surface area contributed by atoms with Crippen molar-refractivity contribution in [3.8, 4) is 11.5 Å². The van der Waals surface area contributed by atoms with Crippen molar-refractivity contribution >= 4 is 18.3 Å². The lowest BCUT2D eigenvalue weighted by Crippen LogP contribution is -2.47. The maximum atomic E-state index is 12.6. The van der Waals surface area contributed by atoms with Gasteiger partial charge in [-0.05, 0) is 38.1 Å². The number of ether oxygens (including phenoxy) is 3. The van der Waals surface area contributed by atoms with Crippen LogP contribution in [0.1, 0.15) is 23.2 Å². The molecule has 7 heteroatoms. The Hall–Kier alpha value is -1.50. The molecule has 136 valence electrons. The highest BCUT2D eigenvalue weighted by atomic mass is 35.5. The van der Waals surface area contributed by atoms with Crippen molar-refractivity contribution in [1.82, 2.24) is 10.6 Å². The van der Waals surface area contributed by atoms with Gasteiger partial charge in [-0.1, -0.05) is 6.07 Å². The molecule has 1 heterocycles. The minimum atomic E-state index is -0.158. The molecule has 2 N–H and O–H groups in total. The topological polar surface area (TPSA) is 68.8 Å². The molecule has 1 aromatic rings. The van der Waals surface area contributed by atoms with Crippen LogP contribution >= 0.6 is 12.4 Å². The molecule has 0 spiro atoms.